The molecule has 1 aromatic heterocycles. The van der Waals surface area contributed by atoms with Gasteiger partial charge >= 0.3 is 0 Å². The monoisotopic (exact) mass is 268 g/mol. The fourth-order valence-corrected chi connectivity index (χ4v) is 1.55. The second-order valence-electron chi connectivity index (χ2n) is 3.64. The second-order valence-corrected chi connectivity index (χ2v) is 4.39. The van der Waals surface area contributed by atoms with Gasteiger partial charge < -0.3 is 4.74 Å². The largest absolute Gasteiger partial charge is 0.437 e. The molecule has 0 aliphatic heterocycles. The molecule has 0 saturated heterocycles. The van der Waals surface area contributed by atoms with Crippen LogP contribution in [0, 0.1) is 13.8 Å². The highest BCUT2D eigenvalue weighted by molar-refractivity contribution is 6.32. The number of rotatable bonds is 2. The van der Waals surface area contributed by atoms with E-state index in [4.69, 9.17) is 27.9 Å². The molecule has 3 nitrogen and oxygen atoms in total. The SMILES string of the molecule is Cc1ccc(Oc2nc(Cl)ncc2Cl)cc1C. The number of aromatic nitrogens is 2. The van der Waals surface area contributed by atoms with E-state index in [2.05, 4.69) is 9.97 Å². The zero-order valence-corrected chi connectivity index (χ0v) is 10.9. The van der Waals surface area contributed by atoms with Gasteiger partial charge in [0.25, 0.3) is 0 Å². The minimum atomic E-state index is 0.105. The summed E-state index contributed by atoms with van der Waals surface area (Å²) in [5, 5.41) is 0.431. The summed E-state index contributed by atoms with van der Waals surface area (Å²) in [6, 6.07) is 5.75. The first-order valence-corrected chi connectivity index (χ1v) is 5.75. The molecule has 0 spiro atoms. The lowest BCUT2D eigenvalue weighted by atomic mass is 10.1. The van der Waals surface area contributed by atoms with Gasteiger partial charge in [0.1, 0.15) is 10.8 Å². The number of hydrogen-bond donors (Lipinski definition) is 0. The maximum atomic E-state index is 5.91. The zero-order valence-electron chi connectivity index (χ0n) is 9.37. The smallest absolute Gasteiger partial charge is 0.242 e. The lowest BCUT2D eigenvalue weighted by Gasteiger charge is -2.08. The van der Waals surface area contributed by atoms with Crippen molar-refractivity contribution in [1.82, 2.24) is 9.97 Å². The van der Waals surface area contributed by atoms with E-state index >= 15 is 0 Å². The minimum Gasteiger partial charge on any atom is -0.437 e. The molecular formula is C12H10Cl2N2O. The van der Waals surface area contributed by atoms with Gasteiger partial charge in [-0.05, 0) is 48.7 Å². The fraction of sp³-hybridized carbons (Fsp3) is 0.167. The van der Waals surface area contributed by atoms with Crippen molar-refractivity contribution in [3.63, 3.8) is 0 Å². The van der Waals surface area contributed by atoms with Crippen LogP contribution in [0.25, 0.3) is 0 Å². The third kappa shape index (κ3) is 2.87. The summed E-state index contributed by atoms with van der Waals surface area (Å²) in [6.45, 7) is 4.05. The van der Waals surface area contributed by atoms with Crippen LogP contribution in [0.1, 0.15) is 11.1 Å². The number of aryl methyl sites for hydroxylation is 2. The maximum Gasteiger partial charge on any atom is 0.242 e. The number of hydrogen-bond acceptors (Lipinski definition) is 3. The maximum absolute atomic E-state index is 5.91. The minimum absolute atomic E-state index is 0.105. The average molecular weight is 269 g/mol. The van der Waals surface area contributed by atoms with Crippen molar-refractivity contribution in [3.8, 4) is 11.6 Å². The molecule has 0 aliphatic rings. The molecule has 0 saturated carbocycles. The average Bonchev–Trinajstić information content (AvgIpc) is 2.29. The molecular weight excluding hydrogens is 259 g/mol. The van der Waals surface area contributed by atoms with Crippen molar-refractivity contribution in [3.05, 3.63) is 45.8 Å². The van der Waals surface area contributed by atoms with Crippen LogP contribution in [-0.4, -0.2) is 9.97 Å². The van der Waals surface area contributed by atoms with Crippen LogP contribution in [0.2, 0.25) is 10.3 Å². The van der Waals surface area contributed by atoms with Crippen LogP contribution in [0.4, 0.5) is 0 Å². The predicted molar refractivity (Wildman–Crippen MR) is 68.0 cm³/mol. The molecule has 0 bridgehead atoms. The molecule has 0 amide bonds. The van der Waals surface area contributed by atoms with Crippen LogP contribution in [0.15, 0.2) is 24.4 Å². The molecule has 0 N–H and O–H groups in total. The summed E-state index contributed by atoms with van der Waals surface area (Å²) < 4.78 is 5.56. The molecule has 0 aliphatic carbocycles. The molecule has 0 radical (unpaired) electrons. The normalized spacial score (nSPS) is 10.4. The van der Waals surface area contributed by atoms with E-state index in [1.807, 2.05) is 32.0 Å². The number of halogens is 2. The van der Waals surface area contributed by atoms with Gasteiger partial charge in [-0.3, -0.25) is 0 Å². The van der Waals surface area contributed by atoms with Gasteiger partial charge in [0.05, 0.1) is 6.20 Å². The van der Waals surface area contributed by atoms with E-state index in [1.54, 1.807) is 0 Å². The van der Waals surface area contributed by atoms with Gasteiger partial charge in [0.15, 0.2) is 0 Å². The molecule has 2 aromatic rings. The van der Waals surface area contributed by atoms with E-state index < -0.39 is 0 Å². The van der Waals surface area contributed by atoms with E-state index in [9.17, 15) is 0 Å². The van der Waals surface area contributed by atoms with E-state index in [1.165, 1.54) is 11.8 Å². The Kier molecular flexibility index (Phi) is 3.50. The molecule has 0 unspecified atom stereocenters. The summed E-state index contributed by atoms with van der Waals surface area (Å²) in [4.78, 5) is 7.68. The van der Waals surface area contributed by atoms with Crippen molar-refractivity contribution in [2.24, 2.45) is 0 Å². The van der Waals surface area contributed by atoms with Gasteiger partial charge in [-0.15, -0.1) is 0 Å². The van der Waals surface area contributed by atoms with Crippen LogP contribution in [0.3, 0.4) is 0 Å². The molecule has 1 aromatic carbocycles. The van der Waals surface area contributed by atoms with E-state index in [0.29, 0.717) is 10.8 Å². The Morgan fingerprint density at radius 3 is 2.59 bits per heavy atom. The van der Waals surface area contributed by atoms with Crippen molar-refractivity contribution >= 4 is 23.2 Å². The molecule has 0 atom stereocenters. The Morgan fingerprint density at radius 2 is 1.88 bits per heavy atom. The van der Waals surface area contributed by atoms with Gasteiger partial charge in [-0.1, -0.05) is 17.7 Å². The molecule has 1 heterocycles. The second kappa shape index (κ2) is 4.90. The zero-order chi connectivity index (χ0) is 12.4. The van der Waals surface area contributed by atoms with Gasteiger partial charge in [0, 0.05) is 0 Å². The van der Waals surface area contributed by atoms with Crippen molar-refractivity contribution in [2.45, 2.75) is 13.8 Å². The summed E-state index contributed by atoms with van der Waals surface area (Å²) in [7, 11) is 0. The molecule has 17 heavy (non-hydrogen) atoms. The number of nitrogens with zero attached hydrogens (tertiary/aromatic N) is 2. The third-order valence-electron chi connectivity index (χ3n) is 2.38. The van der Waals surface area contributed by atoms with Crippen LogP contribution in [0.5, 0.6) is 11.6 Å². The standard InChI is InChI=1S/C12H10Cl2N2O/c1-7-3-4-9(5-8(7)2)17-11-10(13)6-15-12(14)16-11/h3-6H,1-2H3. The quantitative estimate of drug-likeness (QED) is 0.766. The topological polar surface area (TPSA) is 35.0 Å². The van der Waals surface area contributed by atoms with Gasteiger partial charge in [-0.25, -0.2) is 4.98 Å². The highest BCUT2D eigenvalue weighted by atomic mass is 35.5. The highest BCUT2D eigenvalue weighted by Crippen LogP contribution is 2.28. The van der Waals surface area contributed by atoms with E-state index in [-0.39, 0.29) is 11.2 Å². The van der Waals surface area contributed by atoms with E-state index in [0.717, 1.165) is 5.56 Å². The molecule has 2 rings (SSSR count). The Morgan fingerprint density at radius 1 is 1.12 bits per heavy atom. The van der Waals surface area contributed by atoms with Gasteiger partial charge in [0.2, 0.25) is 11.2 Å². The van der Waals surface area contributed by atoms with Crippen LogP contribution in [-0.2, 0) is 0 Å². The Hall–Kier alpha value is -1.32. The summed E-state index contributed by atoms with van der Waals surface area (Å²) >= 11 is 11.6. The first-order valence-electron chi connectivity index (χ1n) is 4.99. The molecule has 0 fully saturated rings. The molecule has 5 heteroatoms. The highest BCUT2D eigenvalue weighted by Gasteiger charge is 2.07. The number of benzene rings is 1. The Balaban J connectivity index is 2.31. The Bertz CT molecular complexity index is 558. The van der Waals surface area contributed by atoms with Crippen molar-refractivity contribution in [1.29, 1.82) is 0 Å². The lowest BCUT2D eigenvalue weighted by Crippen LogP contribution is -1.92. The Labute approximate surface area is 109 Å². The van der Waals surface area contributed by atoms with Crippen LogP contribution < -0.4 is 4.74 Å². The first kappa shape index (κ1) is 12.1. The van der Waals surface area contributed by atoms with Gasteiger partial charge in [-0.2, -0.15) is 4.98 Å². The summed E-state index contributed by atoms with van der Waals surface area (Å²) in [6.07, 6.45) is 1.41. The number of ether oxygens (including phenoxy) is 1. The fourth-order valence-electron chi connectivity index (χ4n) is 1.29. The van der Waals surface area contributed by atoms with Crippen LogP contribution >= 0.6 is 23.2 Å². The van der Waals surface area contributed by atoms with Crippen molar-refractivity contribution in [2.75, 3.05) is 0 Å². The first-order chi connectivity index (χ1) is 8.06. The third-order valence-corrected chi connectivity index (χ3v) is 2.82. The lowest BCUT2D eigenvalue weighted by molar-refractivity contribution is 0.461. The summed E-state index contributed by atoms with van der Waals surface area (Å²) in [5.74, 6) is 0.930. The molecule has 88 valence electrons. The predicted octanol–water partition coefficient (Wildman–Crippen LogP) is 4.19. The van der Waals surface area contributed by atoms with Crippen molar-refractivity contribution < 1.29 is 4.74 Å². The summed E-state index contributed by atoms with van der Waals surface area (Å²) in [5.41, 5.74) is 2.34.